The molecule has 86 valence electrons. The first-order valence-electron chi connectivity index (χ1n) is 6.18. The maximum absolute atomic E-state index is 6.50. The Morgan fingerprint density at radius 2 is 1.69 bits per heavy atom. The molecule has 0 amide bonds. The highest BCUT2D eigenvalue weighted by Crippen LogP contribution is 2.61. The molecule has 16 heavy (non-hydrogen) atoms. The lowest BCUT2D eigenvalue weighted by Gasteiger charge is -2.53. The molecule has 0 heterocycles. The van der Waals surface area contributed by atoms with Crippen LogP contribution in [-0.2, 0) is 5.54 Å². The van der Waals surface area contributed by atoms with Gasteiger partial charge in [0.1, 0.15) is 0 Å². The molecule has 0 aromatic heterocycles. The van der Waals surface area contributed by atoms with Gasteiger partial charge in [0.2, 0.25) is 0 Å². The van der Waals surface area contributed by atoms with E-state index >= 15 is 0 Å². The second kappa shape index (κ2) is 3.48. The Balaban J connectivity index is 1.84. The van der Waals surface area contributed by atoms with Crippen molar-refractivity contribution < 1.29 is 0 Å². The first kappa shape index (κ1) is 10.6. The fourth-order valence-electron chi connectivity index (χ4n) is 3.82. The van der Waals surface area contributed by atoms with Crippen LogP contribution in [0.5, 0.6) is 0 Å². The van der Waals surface area contributed by atoms with Crippen LogP contribution in [0.3, 0.4) is 0 Å². The van der Waals surface area contributed by atoms with Crippen LogP contribution >= 0.6 is 11.6 Å². The van der Waals surface area contributed by atoms with Gasteiger partial charge < -0.3 is 5.73 Å². The Hall–Kier alpha value is -0.530. The lowest BCUT2D eigenvalue weighted by atomic mass is 9.54. The predicted molar refractivity (Wildman–Crippen MR) is 67.5 cm³/mol. The quantitative estimate of drug-likeness (QED) is 0.786. The van der Waals surface area contributed by atoms with Crippen LogP contribution in [0.1, 0.15) is 44.1 Å². The molecule has 1 nitrogen and oxygen atoms in total. The molecule has 2 aliphatic carbocycles. The zero-order chi connectivity index (χ0) is 11.2. The number of halogens is 1. The zero-order valence-electron chi connectivity index (χ0n) is 9.51. The van der Waals surface area contributed by atoms with E-state index in [1.165, 1.54) is 25.7 Å². The maximum Gasteiger partial charge on any atom is 0.0456 e. The Morgan fingerprint density at radius 1 is 1.06 bits per heavy atom. The summed E-state index contributed by atoms with van der Waals surface area (Å²) in [6.45, 7) is 0. The maximum atomic E-state index is 6.50. The second-order valence-electron chi connectivity index (χ2n) is 5.70. The summed E-state index contributed by atoms with van der Waals surface area (Å²) in [5, 5.41) is 0.831. The van der Waals surface area contributed by atoms with E-state index < -0.39 is 0 Å². The fourth-order valence-corrected chi connectivity index (χ4v) is 4.14. The number of hydrogen-bond acceptors (Lipinski definition) is 1. The summed E-state index contributed by atoms with van der Waals surface area (Å²) in [5.41, 5.74) is 8.06. The van der Waals surface area contributed by atoms with E-state index in [0.717, 1.165) is 23.4 Å². The van der Waals surface area contributed by atoms with Crippen LogP contribution in [0.25, 0.3) is 0 Å². The van der Waals surface area contributed by atoms with Gasteiger partial charge in [-0.2, -0.15) is 0 Å². The minimum atomic E-state index is -0.150. The van der Waals surface area contributed by atoms with Gasteiger partial charge >= 0.3 is 0 Å². The number of rotatable bonds is 1. The van der Waals surface area contributed by atoms with Crippen LogP contribution in [0, 0.1) is 5.41 Å². The lowest BCUT2D eigenvalue weighted by Crippen LogP contribution is -2.54. The molecule has 2 fully saturated rings. The number of nitrogens with two attached hydrogens (primary N) is 1. The first-order chi connectivity index (χ1) is 7.64. The van der Waals surface area contributed by atoms with Crippen molar-refractivity contribution in [3.05, 3.63) is 34.9 Å². The van der Waals surface area contributed by atoms with Gasteiger partial charge in [0.05, 0.1) is 0 Å². The van der Waals surface area contributed by atoms with Gasteiger partial charge in [-0.15, -0.1) is 0 Å². The number of benzene rings is 1. The highest BCUT2D eigenvalue weighted by molar-refractivity contribution is 6.31. The molecule has 1 aromatic carbocycles. The van der Waals surface area contributed by atoms with Crippen LogP contribution < -0.4 is 5.73 Å². The van der Waals surface area contributed by atoms with E-state index in [9.17, 15) is 0 Å². The van der Waals surface area contributed by atoms with Crippen molar-refractivity contribution in [2.24, 2.45) is 11.1 Å². The summed E-state index contributed by atoms with van der Waals surface area (Å²) in [7, 11) is 0. The van der Waals surface area contributed by atoms with Gasteiger partial charge in [-0.1, -0.05) is 42.6 Å². The molecule has 0 aliphatic heterocycles. The molecule has 0 atom stereocenters. The van der Waals surface area contributed by atoms with E-state index in [1.54, 1.807) is 0 Å². The molecule has 2 aliphatic rings. The summed E-state index contributed by atoms with van der Waals surface area (Å²) in [4.78, 5) is 0. The minimum Gasteiger partial charge on any atom is -0.321 e. The van der Waals surface area contributed by atoms with Crippen molar-refractivity contribution in [2.75, 3.05) is 0 Å². The molecule has 2 heteroatoms. The average molecular weight is 236 g/mol. The molecule has 2 N–H and O–H groups in total. The van der Waals surface area contributed by atoms with E-state index in [2.05, 4.69) is 6.07 Å². The summed E-state index contributed by atoms with van der Waals surface area (Å²) >= 11 is 6.24. The van der Waals surface area contributed by atoms with Crippen molar-refractivity contribution >= 4 is 11.6 Å². The molecule has 2 saturated carbocycles. The molecule has 0 unspecified atom stereocenters. The van der Waals surface area contributed by atoms with Gasteiger partial charge in [0.25, 0.3) is 0 Å². The van der Waals surface area contributed by atoms with Crippen molar-refractivity contribution in [1.82, 2.24) is 0 Å². The third kappa shape index (κ3) is 1.49. The van der Waals surface area contributed by atoms with Crippen molar-refractivity contribution in [1.29, 1.82) is 0 Å². The molecular weight excluding hydrogens is 218 g/mol. The van der Waals surface area contributed by atoms with Crippen LogP contribution in [0.4, 0.5) is 0 Å². The Labute approximate surface area is 102 Å². The Kier molecular flexibility index (Phi) is 2.31. The van der Waals surface area contributed by atoms with Crippen molar-refractivity contribution in [3.63, 3.8) is 0 Å². The van der Waals surface area contributed by atoms with Gasteiger partial charge in [-0.25, -0.2) is 0 Å². The van der Waals surface area contributed by atoms with E-state index in [1.807, 2.05) is 18.2 Å². The molecule has 0 saturated heterocycles. The van der Waals surface area contributed by atoms with Crippen molar-refractivity contribution in [2.45, 2.75) is 44.1 Å². The fraction of sp³-hybridized carbons (Fsp3) is 0.571. The third-order valence-electron chi connectivity index (χ3n) is 4.46. The van der Waals surface area contributed by atoms with E-state index in [-0.39, 0.29) is 5.54 Å². The number of hydrogen-bond donors (Lipinski definition) is 1. The molecule has 0 bridgehead atoms. The second-order valence-corrected chi connectivity index (χ2v) is 6.10. The molecule has 0 radical (unpaired) electrons. The normalized spacial score (nSPS) is 25.6. The standard InChI is InChI=1S/C14H18ClN/c15-12-6-2-1-5-11(12)14(16)9-13(10-14)7-3-4-8-13/h1-2,5-6H,3-4,7-10,16H2. The zero-order valence-corrected chi connectivity index (χ0v) is 10.3. The van der Waals surface area contributed by atoms with Crippen LogP contribution in [-0.4, -0.2) is 0 Å². The summed E-state index contributed by atoms with van der Waals surface area (Å²) < 4.78 is 0. The molecule has 1 spiro atoms. The predicted octanol–water partition coefficient (Wildman–Crippen LogP) is 3.85. The average Bonchev–Trinajstić information content (AvgIpc) is 2.66. The third-order valence-corrected chi connectivity index (χ3v) is 4.78. The van der Waals surface area contributed by atoms with Gasteiger partial charge in [-0.3, -0.25) is 0 Å². The monoisotopic (exact) mass is 235 g/mol. The summed E-state index contributed by atoms with van der Waals surface area (Å²) in [5.74, 6) is 0. The van der Waals surface area contributed by atoms with Gasteiger partial charge in [0, 0.05) is 10.6 Å². The summed E-state index contributed by atoms with van der Waals surface area (Å²) in [6.07, 6.45) is 7.78. The highest BCUT2D eigenvalue weighted by atomic mass is 35.5. The van der Waals surface area contributed by atoms with Crippen LogP contribution in [0.15, 0.2) is 24.3 Å². The molecule has 1 aromatic rings. The van der Waals surface area contributed by atoms with Crippen molar-refractivity contribution in [3.8, 4) is 0 Å². The van der Waals surface area contributed by atoms with E-state index in [4.69, 9.17) is 17.3 Å². The lowest BCUT2D eigenvalue weighted by molar-refractivity contribution is 0.0313. The Bertz CT molecular complexity index is 399. The summed E-state index contributed by atoms with van der Waals surface area (Å²) in [6, 6.07) is 8.05. The first-order valence-corrected chi connectivity index (χ1v) is 6.55. The smallest absolute Gasteiger partial charge is 0.0456 e. The van der Waals surface area contributed by atoms with Crippen LogP contribution in [0.2, 0.25) is 5.02 Å². The highest BCUT2D eigenvalue weighted by Gasteiger charge is 2.54. The van der Waals surface area contributed by atoms with Gasteiger partial charge in [0.15, 0.2) is 0 Å². The van der Waals surface area contributed by atoms with Gasteiger partial charge in [-0.05, 0) is 42.7 Å². The topological polar surface area (TPSA) is 26.0 Å². The molecule has 3 rings (SSSR count). The Morgan fingerprint density at radius 3 is 2.31 bits per heavy atom. The van der Waals surface area contributed by atoms with E-state index in [0.29, 0.717) is 5.41 Å². The minimum absolute atomic E-state index is 0.150. The SMILES string of the molecule is NC1(c2ccccc2Cl)CC2(CCCC2)C1. The largest absolute Gasteiger partial charge is 0.321 e. The molecular formula is C14H18ClN.